The van der Waals surface area contributed by atoms with Crippen LogP contribution in [0, 0.1) is 12.7 Å². The maximum atomic E-state index is 14.9. The summed E-state index contributed by atoms with van der Waals surface area (Å²) in [4.78, 5) is 9.85. The van der Waals surface area contributed by atoms with E-state index in [0.29, 0.717) is 0 Å². The zero-order valence-electron chi connectivity index (χ0n) is 15.9. The van der Waals surface area contributed by atoms with Crippen molar-refractivity contribution in [3.05, 3.63) is 76.7 Å². The SMILES string of the molecule is Cc1nc2ccccc2cc1C1=NC(C)(C)C(C)(C)c2c(F)cccc21. The highest BCUT2D eigenvalue weighted by molar-refractivity contribution is 6.16. The highest BCUT2D eigenvalue weighted by Crippen LogP contribution is 2.45. The summed E-state index contributed by atoms with van der Waals surface area (Å²) in [5.41, 5.74) is 4.44. The van der Waals surface area contributed by atoms with Gasteiger partial charge in [0, 0.05) is 33.2 Å². The van der Waals surface area contributed by atoms with Crippen LogP contribution in [0.4, 0.5) is 4.39 Å². The van der Waals surface area contributed by atoms with Gasteiger partial charge in [-0.3, -0.25) is 9.98 Å². The third kappa shape index (κ3) is 2.30. The van der Waals surface area contributed by atoms with Crippen LogP contribution in [0.3, 0.4) is 0 Å². The number of pyridine rings is 1. The fourth-order valence-electron chi connectivity index (χ4n) is 3.80. The first-order valence-corrected chi connectivity index (χ1v) is 8.98. The molecule has 4 rings (SSSR count). The third-order valence-corrected chi connectivity index (χ3v) is 5.98. The number of aromatic nitrogens is 1. The molecule has 1 aliphatic heterocycles. The molecule has 0 spiro atoms. The number of fused-ring (bicyclic) bond motifs is 2. The molecule has 0 saturated heterocycles. The van der Waals surface area contributed by atoms with Crippen molar-refractivity contribution in [2.24, 2.45) is 4.99 Å². The third-order valence-electron chi connectivity index (χ3n) is 5.98. The summed E-state index contributed by atoms with van der Waals surface area (Å²) in [6.45, 7) is 10.3. The van der Waals surface area contributed by atoms with E-state index in [2.05, 4.69) is 39.8 Å². The number of hydrogen-bond acceptors (Lipinski definition) is 2. The molecule has 0 fully saturated rings. The lowest BCUT2D eigenvalue weighted by Crippen LogP contribution is -2.46. The Kier molecular flexibility index (Phi) is 3.56. The maximum absolute atomic E-state index is 14.9. The minimum Gasteiger partial charge on any atom is -0.277 e. The number of hydrogen-bond donors (Lipinski definition) is 0. The number of rotatable bonds is 1. The van der Waals surface area contributed by atoms with E-state index >= 15 is 0 Å². The lowest BCUT2D eigenvalue weighted by atomic mass is 9.65. The monoisotopic (exact) mass is 346 g/mol. The molecule has 2 aromatic carbocycles. The minimum absolute atomic E-state index is 0.167. The molecule has 2 nitrogen and oxygen atoms in total. The fourth-order valence-corrected chi connectivity index (χ4v) is 3.80. The summed E-state index contributed by atoms with van der Waals surface area (Å²) in [5.74, 6) is -0.167. The lowest BCUT2D eigenvalue weighted by molar-refractivity contribution is 0.293. The Morgan fingerprint density at radius 1 is 0.885 bits per heavy atom. The van der Waals surface area contributed by atoms with E-state index in [1.165, 1.54) is 0 Å². The Morgan fingerprint density at radius 3 is 2.38 bits per heavy atom. The number of aryl methyl sites for hydroxylation is 1. The van der Waals surface area contributed by atoms with E-state index in [1.54, 1.807) is 12.1 Å². The molecular formula is C23H23FN2. The van der Waals surface area contributed by atoms with E-state index in [9.17, 15) is 4.39 Å². The van der Waals surface area contributed by atoms with Crippen molar-refractivity contribution >= 4 is 16.6 Å². The Labute approximate surface area is 153 Å². The van der Waals surface area contributed by atoms with Gasteiger partial charge in [0.05, 0.1) is 16.8 Å². The maximum Gasteiger partial charge on any atom is 0.127 e. The van der Waals surface area contributed by atoms with E-state index < -0.39 is 11.0 Å². The molecule has 0 unspecified atom stereocenters. The molecule has 132 valence electrons. The quantitative estimate of drug-likeness (QED) is 0.564. The molecule has 1 aliphatic rings. The smallest absolute Gasteiger partial charge is 0.127 e. The average Bonchev–Trinajstić information content (AvgIpc) is 2.58. The second-order valence-corrected chi connectivity index (χ2v) is 8.12. The van der Waals surface area contributed by atoms with Crippen LogP contribution in [-0.2, 0) is 5.41 Å². The van der Waals surface area contributed by atoms with Crippen LogP contribution in [0.1, 0.15) is 50.1 Å². The standard InChI is InChI=1S/C23H23FN2/c1-14-17(13-15-9-6-7-12-19(15)25-14)21-16-10-8-11-18(24)20(16)22(2,3)23(4,5)26-21/h6-13H,1-5H3. The highest BCUT2D eigenvalue weighted by atomic mass is 19.1. The van der Waals surface area contributed by atoms with Crippen molar-refractivity contribution in [2.75, 3.05) is 0 Å². The molecule has 3 aromatic rings. The minimum atomic E-state index is -0.435. The molecule has 0 atom stereocenters. The fraction of sp³-hybridized carbons (Fsp3) is 0.304. The zero-order chi connectivity index (χ0) is 18.7. The molecule has 0 N–H and O–H groups in total. The van der Waals surface area contributed by atoms with Gasteiger partial charge in [0.25, 0.3) is 0 Å². The lowest BCUT2D eigenvalue weighted by Gasteiger charge is -2.44. The van der Waals surface area contributed by atoms with Gasteiger partial charge in [-0.15, -0.1) is 0 Å². The van der Waals surface area contributed by atoms with Gasteiger partial charge in [0.1, 0.15) is 5.82 Å². The van der Waals surface area contributed by atoms with Gasteiger partial charge in [-0.05, 0) is 39.0 Å². The Hall–Kier alpha value is -2.55. The van der Waals surface area contributed by atoms with Crippen molar-refractivity contribution in [3.63, 3.8) is 0 Å². The largest absolute Gasteiger partial charge is 0.277 e. The Morgan fingerprint density at radius 2 is 1.62 bits per heavy atom. The summed E-state index contributed by atoms with van der Waals surface area (Å²) in [6, 6.07) is 15.5. The molecule has 0 saturated carbocycles. The average molecular weight is 346 g/mol. The number of halogens is 1. The molecule has 0 radical (unpaired) electrons. The molecule has 1 aromatic heterocycles. The number of aliphatic imine (C=N–C) groups is 1. The van der Waals surface area contributed by atoms with E-state index in [1.807, 2.05) is 31.2 Å². The van der Waals surface area contributed by atoms with E-state index in [4.69, 9.17) is 9.98 Å². The van der Waals surface area contributed by atoms with Crippen molar-refractivity contribution in [2.45, 2.75) is 45.6 Å². The highest BCUT2D eigenvalue weighted by Gasteiger charge is 2.45. The number of benzene rings is 2. The Bertz CT molecular complexity index is 1060. The van der Waals surface area contributed by atoms with Gasteiger partial charge >= 0.3 is 0 Å². The zero-order valence-corrected chi connectivity index (χ0v) is 15.9. The van der Waals surface area contributed by atoms with Crippen molar-refractivity contribution in [1.29, 1.82) is 0 Å². The first-order valence-electron chi connectivity index (χ1n) is 8.98. The second-order valence-electron chi connectivity index (χ2n) is 8.12. The van der Waals surface area contributed by atoms with Crippen molar-refractivity contribution in [3.8, 4) is 0 Å². The first kappa shape index (κ1) is 16.9. The molecule has 2 heterocycles. The molecular weight excluding hydrogens is 323 g/mol. The van der Waals surface area contributed by atoms with Crippen LogP contribution in [-0.4, -0.2) is 16.2 Å². The van der Waals surface area contributed by atoms with Gasteiger partial charge in [0.2, 0.25) is 0 Å². The summed E-state index contributed by atoms with van der Waals surface area (Å²) in [5, 5.41) is 1.07. The molecule has 3 heteroatoms. The van der Waals surface area contributed by atoms with Gasteiger partial charge < -0.3 is 0 Å². The van der Waals surface area contributed by atoms with Gasteiger partial charge in [0.15, 0.2) is 0 Å². The van der Waals surface area contributed by atoms with E-state index in [-0.39, 0.29) is 5.82 Å². The van der Waals surface area contributed by atoms with Crippen LogP contribution in [0.15, 0.2) is 53.5 Å². The molecule has 0 aliphatic carbocycles. The summed E-state index contributed by atoms with van der Waals surface area (Å²) in [7, 11) is 0. The summed E-state index contributed by atoms with van der Waals surface area (Å²) < 4.78 is 14.9. The molecule has 0 amide bonds. The summed E-state index contributed by atoms with van der Waals surface area (Å²) >= 11 is 0. The predicted octanol–water partition coefficient (Wildman–Crippen LogP) is 5.59. The predicted molar refractivity (Wildman–Crippen MR) is 106 cm³/mol. The van der Waals surface area contributed by atoms with Crippen molar-refractivity contribution < 1.29 is 4.39 Å². The van der Waals surface area contributed by atoms with Gasteiger partial charge in [-0.25, -0.2) is 4.39 Å². The number of nitrogens with zero attached hydrogens (tertiary/aromatic N) is 2. The van der Waals surface area contributed by atoms with E-state index in [0.717, 1.165) is 39.0 Å². The Balaban J connectivity index is 2.05. The van der Waals surface area contributed by atoms with Crippen LogP contribution >= 0.6 is 0 Å². The van der Waals surface area contributed by atoms with Gasteiger partial charge in [-0.2, -0.15) is 0 Å². The van der Waals surface area contributed by atoms with Crippen LogP contribution in [0.2, 0.25) is 0 Å². The van der Waals surface area contributed by atoms with Crippen LogP contribution < -0.4 is 0 Å². The molecule has 26 heavy (non-hydrogen) atoms. The van der Waals surface area contributed by atoms with Crippen LogP contribution in [0.5, 0.6) is 0 Å². The van der Waals surface area contributed by atoms with Crippen molar-refractivity contribution in [1.82, 2.24) is 4.98 Å². The topological polar surface area (TPSA) is 25.2 Å². The van der Waals surface area contributed by atoms with Crippen LogP contribution in [0.25, 0.3) is 10.9 Å². The van der Waals surface area contributed by atoms with Gasteiger partial charge in [-0.1, -0.05) is 44.2 Å². The molecule has 0 bridgehead atoms. The summed E-state index contributed by atoms with van der Waals surface area (Å²) in [6.07, 6.45) is 0. The second kappa shape index (κ2) is 5.47. The number of para-hydroxylation sites is 1. The normalized spacial score (nSPS) is 17.7. The first-order chi connectivity index (χ1) is 12.2.